The van der Waals surface area contributed by atoms with Crippen LogP contribution in [0.15, 0.2) is 53.0 Å². The van der Waals surface area contributed by atoms with Crippen molar-refractivity contribution in [2.24, 2.45) is 0 Å². The normalized spacial score (nSPS) is 10.9. The number of benzene rings is 2. The van der Waals surface area contributed by atoms with Crippen LogP contribution in [-0.2, 0) is 27.3 Å². The summed E-state index contributed by atoms with van der Waals surface area (Å²) in [6.45, 7) is 5.94. The Kier molecular flexibility index (Phi) is 9.71. The Bertz CT molecular complexity index is 924. The van der Waals surface area contributed by atoms with Crippen LogP contribution in [0.2, 0.25) is 0 Å². The van der Waals surface area contributed by atoms with Crippen molar-refractivity contribution < 1.29 is 19.1 Å². The number of carbonyl (C=O) groups is 3. The summed E-state index contributed by atoms with van der Waals surface area (Å²) in [7, 11) is 0. The molecule has 3 N–H and O–H groups in total. The average Bonchev–Trinajstić information content (AvgIpc) is 2.70. The average molecular weight is 504 g/mol. The van der Waals surface area contributed by atoms with Gasteiger partial charge in [-0.1, -0.05) is 40.2 Å². The number of nitrogens with one attached hydrogen (secondary N) is 3. The van der Waals surface area contributed by atoms with Gasteiger partial charge >= 0.3 is 6.09 Å². The van der Waals surface area contributed by atoms with E-state index >= 15 is 0 Å². The molecule has 0 radical (unpaired) electrons. The van der Waals surface area contributed by atoms with Gasteiger partial charge in [0, 0.05) is 36.1 Å². The number of amides is 3. The van der Waals surface area contributed by atoms with Gasteiger partial charge in [0.1, 0.15) is 5.60 Å². The van der Waals surface area contributed by atoms with E-state index < -0.39 is 11.7 Å². The van der Waals surface area contributed by atoms with Crippen LogP contribution < -0.4 is 16.0 Å². The molecule has 2 aromatic rings. The van der Waals surface area contributed by atoms with Crippen LogP contribution in [0.1, 0.15) is 44.7 Å². The van der Waals surface area contributed by atoms with Crippen LogP contribution in [0, 0.1) is 0 Å². The van der Waals surface area contributed by atoms with Crippen LogP contribution in [0.5, 0.6) is 0 Å². The summed E-state index contributed by atoms with van der Waals surface area (Å²) in [4.78, 5) is 35.7. The van der Waals surface area contributed by atoms with E-state index in [1.165, 1.54) is 0 Å². The van der Waals surface area contributed by atoms with E-state index in [1.54, 1.807) is 32.9 Å². The summed E-state index contributed by atoms with van der Waals surface area (Å²) in [5, 5.41) is 8.24. The second kappa shape index (κ2) is 12.2. The topological polar surface area (TPSA) is 96.5 Å². The third-order valence-corrected chi connectivity index (χ3v) is 4.77. The van der Waals surface area contributed by atoms with Gasteiger partial charge in [0.05, 0.1) is 0 Å². The lowest BCUT2D eigenvalue weighted by molar-refractivity contribution is -0.121. The quantitative estimate of drug-likeness (QED) is 0.467. The first-order chi connectivity index (χ1) is 15.1. The fourth-order valence-corrected chi connectivity index (χ4v) is 3.21. The second-order valence-corrected chi connectivity index (χ2v) is 9.25. The highest BCUT2D eigenvalue weighted by Gasteiger charge is 2.15. The first kappa shape index (κ1) is 25.4. The maximum atomic E-state index is 12.1. The zero-order valence-electron chi connectivity index (χ0n) is 18.7. The Labute approximate surface area is 197 Å². The largest absolute Gasteiger partial charge is 0.444 e. The van der Waals surface area contributed by atoms with Crippen LogP contribution in [0.3, 0.4) is 0 Å². The number of hydrogen-bond donors (Lipinski definition) is 3. The molecule has 0 fully saturated rings. The predicted octanol–water partition coefficient (Wildman–Crippen LogP) is 4.55. The molecule has 0 unspecified atom stereocenters. The van der Waals surface area contributed by atoms with Gasteiger partial charge in [0.15, 0.2) is 0 Å². The Morgan fingerprint density at radius 3 is 2.28 bits per heavy atom. The standard InChI is InChI=1S/C24H30BrN3O4/c1-24(2,3)32-23(31)26-14-13-22(30)28-20-10-7-18(8-11-20)16-27-21(29)12-9-17-5-4-6-19(25)15-17/h4-8,10-11,15H,9,12-14,16H2,1-3H3,(H,26,31)(H,27,29)(H,28,30). The van der Waals surface area contributed by atoms with E-state index in [0.717, 1.165) is 15.6 Å². The molecule has 0 spiro atoms. The van der Waals surface area contributed by atoms with Crippen LogP contribution in [0.25, 0.3) is 0 Å². The highest BCUT2D eigenvalue weighted by Crippen LogP contribution is 2.13. The fraction of sp³-hybridized carbons (Fsp3) is 0.375. The minimum atomic E-state index is -0.577. The van der Waals surface area contributed by atoms with E-state index in [9.17, 15) is 14.4 Å². The third-order valence-electron chi connectivity index (χ3n) is 4.28. The van der Waals surface area contributed by atoms with E-state index in [4.69, 9.17) is 4.74 Å². The molecule has 172 valence electrons. The van der Waals surface area contributed by atoms with Gasteiger partial charge in [-0.15, -0.1) is 0 Å². The van der Waals surface area contributed by atoms with Crippen LogP contribution in [0.4, 0.5) is 10.5 Å². The first-order valence-corrected chi connectivity index (χ1v) is 11.3. The molecule has 8 heteroatoms. The van der Waals surface area contributed by atoms with E-state index in [0.29, 0.717) is 25.1 Å². The molecule has 0 atom stereocenters. The number of hydrogen-bond acceptors (Lipinski definition) is 4. The van der Waals surface area contributed by atoms with Gasteiger partial charge < -0.3 is 20.7 Å². The SMILES string of the molecule is CC(C)(C)OC(=O)NCCC(=O)Nc1ccc(CNC(=O)CCc2cccc(Br)c2)cc1. The summed E-state index contributed by atoms with van der Waals surface area (Å²) in [6.07, 6.45) is 0.684. The van der Waals surface area contributed by atoms with Gasteiger partial charge in [-0.05, 0) is 62.6 Å². The molecule has 7 nitrogen and oxygen atoms in total. The van der Waals surface area contributed by atoms with Gasteiger partial charge in [-0.2, -0.15) is 0 Å². The summed E-state index contributed by atoms with van der Waals surface area (Å²) < 4.78 is 6.12. The Morgan fingerprint density at radius 1 is 0.906 bits per heavy atom. The molecule has 0 bridgehead atoms. The second-order valence-electron chi connectivity index (χ2n) is 8.33. The van der Waals surface area contributed by atoms with Crippen molar-refractivity contribution in [1.82, 2.24) is 10.6 Å². The van der Waals surface area contributed by atoms with E-state index in [2.05, 4.69) is 31.9 Å². The fourth-order valence-electron chi connectivity index (χ4n) is 2.76. The number of aryl methyl sites for hydroxylation is 1. The van der Waals surface area contributed by atoms with Crippen molar-refractivity contribution in [2.75, 3.05) is 11.9 Å². The van der Waals surface area contributed by atoms with E-state index in [-0.39, 0.29) is 24.8 Å². The number of carbonyl (C=O) groups excluding carboxylic acids is 3. The van der Waals surface area contributed by atoms with Crippen molar-refractivity contribution in [1.29, 1.82) is 0 Å². The molecule has 2 aromatic carbocycles. The van der Waals surface area contributed by atoms with Gasteiger partial charge in [-0.3, -0.25) is 9.59 Å². The minimum absolute atomic E-state index is 0.0140. The molecule has 3 amide bonds. The lowest BCUT2D eigenvalue weighted by atomic mass is 10.1. The van der Waals surface area contributed by atoms with Gasteiger partial charge in [0.25, 0.3) is 0 Å². The van der Waals surface area contributed by atoms with Crippen molar-refractivity contribution >= 4 is 39.5 Å². The summed E-state index contributed by atoms with van der Waals surface area (Å²) in [5.41, 5.74) is 2.12. The molecule has 2 rings (SSSR count). The van der Waals surface area contributed by atoms with Crippen molar-refractivity contribution in [3.63, 3.8) is 0 Å². The number of rotatable bonds is 9. The van der Waals surface area contributed by atoms with Crippen molar-refractivity contribution in [3.05, 3.63) is 64.1 Å². The molecule has 0 heterocycles. The molecule has 0 saturated heterocycles. The molecule has 0 aliphatic carbocycles. The molecule has 0 saturated carbocycles. The Balaban J connectivity index is 1.67. The third kappa shape index (κ3) is 10.4. The smallest absolute Gasteiger partial charge is 0.407 e. The zero-order chi connectivity index (χ0) is 23.6. The van der Waals surface area contributed by atoms with Gasteiger partial charge in [0.2, 0.25) is 11.8 Å². The maximum absolute atomic E-state index is 12.1. The van der Waals surface area contributed by atoms with E-state index in [1.807, 2.05) is 36.4 Å². The van der Waals surface area contributed by atoms with Crippen molar-refractivity contribution in [2.45, 2.75) is 52.2 Å². The Morgan fingerprint density at radius 2 is 1.62 bits per heavy atom. The minimum Gasteiger partial charge on any atom is -0.444 e. The molecule has 0 aromatic heterocycles. The molecule has 0 aliphatic rings. The number of anilines is 1. The number of alkyl carbamates (subject to hydrolysis) is 1. The van der Waals surface area contributed by atoms with Crippen LogP contribution in [-0.4, -0.2) is 30.1 Å². The number of halogens is 1. The van der Waals surface area contributed by atoms with Crippen molar-refractivity contribution in [3.8, 4) is 0 Å². The monoisotopic (exact) mass is 503 g/mol. The number of ether oxygens (including phenoxy) is 1. The zero-order valence-corrected chi connectivity index (χ0v) is 20.3. The molecular formula is C24H30BrN3O4. The highest BCUT2D eigenvalue weighted by molar-refractivity contribution is 9.10. The Hall–Kier alpha value is -2.87. The summed E-state index contributed by atoms with van der Waals surface area (Å²) in [6, 6.07) is 15.2. The summed E-state index contributed by atoms with van der Waals surface area (Å²) >= 11 is 3.43. The van der Waals surface area contributed by atoms with Gasteiger partial charge in [-0.25, -0.2) is 4.79 Å². The molecule has 32 heavy (non-hydrogen) atoms. The lowest BCUT2D eigenvalue weighted by Gasteiger charge is -2.19. The summed E-state index contributed by atoms with van der Waals surface area (Å²) in [5.74, 6) is -0.227. The first-order valence-electron chi connectivity index (χ1n) is 10.5. The van der Waals surface area contributed by atoms with Crippen LogP contribution >= 0.6 is 15.9 Å². The highest BCUT2D eigenvalue weighted by atomic mass is 79.9. The lowest BCUT2D eigenvalue weighted by Crippen LogP contribution is -2.34. The maximum Gasteiger partial charge on any atom is 0.407 e. The predicted molar refractivity (Wildman–Crippen MR) is 128 cm³/mol. The molecular weight excluding hydrogens is 474 g/mol. The molecule has 0 aliphatic heterocycles.